The van der Waals surface area contributed by atoms with Crippen LogP contribution in [0.1, 0.15) is 11.1 Å². The third-order valence-electron chi connectivity index (χ3n) is 4.94. The molecule has 158 valence electrons. The van der Waals surface area contributed by atoms with E-state index in [-0.39, 0.29) is 18.9 Å². The van der Waals surface area contributed by atoms with Crippen molar-refractivity contribution in [2.24, 2.45) is 0 Å². The number of aromatic nitrogens is 1. The Balaban J connectivity index is 1.24. The number of nitrogens with one attached hydrogen (secondary N) is 3. The predicted octanol–water partition coefficient (Wildman–Crippen LogP) is 3.48. The Morgan fingerprint density at radius 1 is 0.875 bits per heavy atom. The lowest BCUT2D eigenvalue weighted by molar-refractivity contribution is -0.129. The van der Waals surface area contributed by atoms with Gasteiger partial charge in [-0.25, -0.2) is 0 Å². The van der Waals surface area contributed by atoms with Crippen molar-refractivity contribution in [3.8, 4) is 22.9 Å². The number of hydrogen-bond donors (Lipinski definition) is 3. The molecule has 7 nitrogen and oxygen atoms in total. The SMILES string of the molecule is N#Cc1ccc(-c2ccc(OCC(=O)NNC(=O)Cc3c[nH]c4ccccc34)cc2)cc1. The highest BCUT2D eigenvalue weighted by Crippen LogP contribution is 2.23. The summed E-state index contributed by atoms with van der Waals surface area (Å²) in [4.78, 5) is 27.3. The Morgan fingerprint density at radius 2 is 1.53 bits per heavy atom. The molecule has 0 saturated carbocycles. The molecule has 0 bridgehead atoms. The first-order valence-corrected chi connectivity index (χ1v) is 9.98. The summed E-state index contributed by atoms with van der Waals surface area (Å²) in [6.07, 6.45) is 1.93. The van der Waals surface area contributed by atoms with Gasteiger partial charge in [0.1, 0.15) is 5.75 Å². The molecule has 1 heterocycles. The molecule has 7 heteroatoms. The van der Waals surface area contributed by atoms with Crippen molar-refractivity contribution in [3.63, 3.8) is 0 Å². The molecule has 0 unspecified atom stereocenters. The van der Waals surface area contributed by atoms with Gasteiger partial charge >= 0.3 is 0 Å². The summed E-state index contributed by atoms with van der Waals surface area (Å²) in [6, 6.07) is 24.3. The van der Waals surface area contributed by atoms with Crippen molar-refractivity contribution in [2.75, 3.05) is 6.61 Å². The van der Waals surface area contributed by atoms with Gasteiger partial charge in [0.25, 0.3) is 5.91 Å². The molecule has 0 saturated heterocycles. The summed E-state index contributed by atoms with van der Waals surface area (Å²) < 4.78 is 5.48. The van der Waals surface area contributed by atoms with E-state index >= 15 is 0 Å². The number of para-hydroxylation sites is 1. The fourth-order valence-electron chi connectivity index (χ4n) is 3.30. The molecule has 4 rings (SSSR count). The van der Waals surface area contributed by atoms with Crippen molar-refractivity contribution < 1.29 is 14.3 Å². The zero-order chi connectivity index (χ0) is 22.3. The van der Waals surface area contributed by atoms with Gasteiger partial charge in [-0.05, 0) is 47.0 Å². The Labute approximate surface area is 184 Å². The van der Waals surface area contributed by atoms with Crippen molar-refractivity contribution in [3.05, 3.63) is 90.1 Å². The summed E-state index contributed by atoms with van der Waals surface area (Å²) >= 11 is 0. The number of hydrazine groups is 1. The number of fused-ring (bicyclic) bond motifs is 1. The minimum Gasteiger partial charge on any atom is -0.484 e. The zero-order valence-electron chi connectivity index (χ0n) is 17.1. The molecule has 0 fully saturated rings. The smallest absolute Gasteiger partial charge is 0.276 e. The lowest BCUT2D eigenvalue weighted by Gasteiger charge is -2.09. The van der Waals surface area contributed by atoms with Gasteiger partial charge in [0, 0.05) is 17.1 Å². The minimum atomic E-state index is -0.464. The fraction of sp³-hybridized carbons (Fsp3) is 0.0800. The standard InChI is InChI=1S/C25H20N4O3/c26-14-17-5-7-18(8-6-17)19-9-11-21(12-10-19)32-16-25(31)29-28-24(30)13-20-15-27-23-4-2-1-3-22(20)23/h1-12,15,27H,13,16H2,(H,28,30)(H,29,31). The number of rotatable bonds is 6. The second-order valence-electron chi connectivity index (χ2n) is 7.13. The number of benzene rings is 3. The third-order valence-corrected chi connectivity index (χ3v) is 4.94. The van der Waals surface area contributed by atoms with Crippen LogP contribution < -0.4 is 15.6 Å². The Bertz CT molecular complexity index is 1290. The van der Waals surface area contributed by atoms with Crippen LogP contribution in [0.2, 0.25) is 0 Å². The van der Waals surface area contributed by atoms with E-state index in [0.717, 1.165) is 27.6 Å². The van der Waals surface area contributed by atoms with Crippen LogP contribution >= 0.6 is 0 Å². The van der Waals surface area contributed by atoms with Gasteiger partial charge in [-0.2, -0.15) is 5.26 Å². The van der Waals surface area contributed by atoms with Crippen LogP contribution in [0.25, 0.3) is 22.0 Å². The lowest BCUT2D eigenvalue weighted by atomic mass is 10.0. The van der Waals surface area contributed by atoms with Crippen LogP contribution in [0.4, 0.5) is 0 Å². The molecule has 0 aliphatic heterocycles. The molecule has 32 heavy (non-hydrogen) atoms. The highest BCUT2D eigenvalue weighted by molar-refractivity contribution is 5.89. The summed E-state index contributed by atoms with van der Waals surface area (Å²) in [7, 11) is 0. The Kier molecular flexibility index (Phi) is 6.14. The number of aromatic amines is 1. The number of H-pyrrole nitrogens is 1. The first-order chi connectivity index (χ1) is 15.6. The molecule has 0 radical (unpaired) electrons. The second kappa shape index (κ2) is 9.49. The van der Waals surface area contributed by atoms with E-state index in [9.17, 15) is 9.59 Å². The molecule has 3 aromatic carbocycles. The largest absolute Gasteiger partial charge is 0.484 e. The van der Waals surface area contributed by atoms with E-state index in [0.29, 0.717) is 11.3 Å². The van der Waals surface area contributed by atoms with Gasteiger partial charge in [0.05, 0.1) is 18.1 Å². The molecular weight excluding hydrogens is 404 g/mol. The van der Waals surface area contributed by atoms with Gasteiger partial charge in [-0.3, -0.25) is 20.4 Å². The maximum Gasteiger partial charge on any atom is 0.276 e. The predicted molar refractivity (Wildman–Crippen MR) is 120 cm³/mol. The number of ether oxygens (including phenoxy) is 1. The lowest BCUT2D eigenvalue weighted by Crippen LogP contribution is -2.44. The summed E-state index contributed by atoms with van der Waals surface area (Å²) in [5.41, 5.74) is 9.13. The maximum absolute atomic E-state index is 12.1. The van der Waals surface area contributed by atoms with E-state index in [2.05, 4.69) is 21.9 Å². The van der Waals surface area contributed by atoms with Gasteiger partial charge in [-0.15, -0.1) is 0 Å². The maximum atomic E-state index is 12.1. The molecule has 0 atom stereocenters. The van der Waals surface area contributed by atoms with Crippen LogP contribution in [0.15, 0.2) is 79.0 Å². The highest BCUT2D eigenvalue weighted by Gasteiger charge is 2.10. The number of amides is 2. The number of hydrogen-bond acceptors (Lipinski definition) is 4. The average Bonchev–Trinajstić information content (AvgIpc) is 3.24. The number of carbonyl (C=O) groups excluding carboxylic acids is 2. The van der Waals surface area contributed by atoms with Crippen molar-refractivity contribution in [1.82, 2.24) is 15.8 Å². The Morgan fingerprint density at radius 3 is 2.25 bits per heavy atom. The number of nitrogens with zero attached hydrogens (tertiary/aromatic N) is 1. The van der Waals surface area contributed by atoms with E-state index in [1.54, 1.807) is 30.5 Å². The summed E-state index contributed by atoms with van der Waals surface area (Å²) in [5, 5.41) is 9.85. The molecule has 0 aliphatic rings. The minimum absolute atomic E-state index is 0.141. The second-order valence-corrected chi connectivity index (χ2v) is 7.13. The highest BCUT2D eigenvalue weighted by atomic mass is 16.5. The normalized spacial score (nSPS) is 10.3. The van der Waals surface area contributed by atoms with Gasteiger partial charge < -0.3 is 9.72 Å². The quantitative estimate of drug-likeness (QED) is 0.412. The van der Waals surface area contributed by atoms with E-state index in [1.807, 2.05) is 48.5 Å². The van der Waals surface area contributed by atoms with Crippen molar-refractivity contribution in [1.29, 1.82) is 5.26 Å². The average molecular weight is 424 g/mol. The molecule has 0 spiro atoms. The van der Waals surface area contributed by atoms with Crippen LogP contribution in [0.3, 0.4) is 0 Å². The van der Waals surface area contributed by atoms with E-state index in [1.165, 1.54) is 0 Å². The number of nitriles is 1. The third kappa shape index (κ3) is 4.94. The van der Waals surface area contributed by atoms with Crippen LogP contribution in [-0.2, 0) is 16.0 Å². The molecule has 3 N–H and O–H groups in total. The summed E-state index contributed by atoms with van der Waals surface area (Å²) in [6.45, 7) is -0.233. The van der Waals surface area contributed by atoms with Gasteiger partial charge in [0.15, 0.2) is 6.61 Å². The molecule has 0 aliphatic carbocycles. The number of carbonyl (C=O) groups is 2. The van der Waals surface area contributed by atoms with E-state index < -0.39 is 5.91 Å². The van der Waals surface area contributed by atoms with E-state index in [4.69, 9.17) is 10.00 Å². The molecule has 4 aromatic rings. The monoisotopic (exact) mass is 424 g/mol. The first-order valence-electron chi connectivity index (χ1n) is 9.98. The molecule has 1 aromatic heterocycles. The first kappa shape index (κ1) is 20.7. The molecular formula is C25H20N4O3. The van der Waals surface area contributed by atoms with Crippen molar-refractivity contribution in [2.45, 2.75) is 6.42 Å². The van der Waals surface area contributed by atoms with Gasteiger partial charge in [0.2, 0.25) is 5.91 Å². The van der Waals surface area contributed by atoms with Crippen molar-refractivity contribution >= 4 is 22.7 Å². The summed E-state index contributed by atoms with van der Waals surface area (Å²) in [5.74, 6) is -0.258. The van der Waals surface area contributed by atoms with Gasteiger partial charge in [-0.1, -0.05) is 42.5 Å². The Hall–Kier alpha value is -4.57. The van der Waals surface area contributed by atoms with Crippen LogP contribution in [0, 0.1) is 11.3 Å². The van der Waals surface area contributed by atoms with Crippen LogP contribution in [0.5, 0.6) is 5.75 Å². The zero-order valence-corrected chi connectivity index (χ0v) is 17.1. The topological polar surface area (TPSA) is 107 Å². The fourth-order valence-corrected chi connectivity index (χ4v) is 3.30. The molecule has 2 amide bonds. The van der Waals surface area contributed by atoms with Crippen LogP contribution in [-0.4, -0.2) is 23.4 Å².